The molecule has 1 aromatic heterocycles. The fourth-order valence-corrected chi connectivity index (χ4v) is 4.30. The molecule has 0 spiro atoms. The number of carbonyl (C=O) groups excluding carboxylic acids is 2. The molecule has 1 atom stereocenters. The van der Waals surface area contributed by atoms with Gasteiger partial charge in [0, 0.05) is 44.0 Å². The van der Waals surface area contributed by atoms with Crippen LogP contribution in [0.1, 0.15) is 16.6 Å². The van der Waals surface area contributed by atoms with Crippen LogP contribution in [0.15, 0.2) is 40.2 Å². The van der Waals surface area contributed by atoms with Crippen molar-refractivity contribution in [3.05, 3.63) is 55.2 Å². The maximum atomic E-state index is 12.6. The Balaban J connectivity index is 1.52. The van der Waals surface area contributed by atoms with E-state index in [-0.39, 0.29) is 17.5 Å². The van der Waals surface area contributed by atoms with E-state index in [1.165, 1.54) is 23.5 Å². The van der Waals surface area contributed by atoms with Crippen LogP contribution in [0.3, 0.4) is 0 Å². The molecule has 0 saturated carbocycles. The van der Waals surface area contributed by atoms with E-state index in [4.69, 9.17) is 0 Å². The molecule has 1 fully saturated rings. The van der Waals surface area contributed by atoms with Crippen molar-refractivity contribution in [3.8, 4) is 0 Å². The molecular formula is C18H19BrN4O4S. The monoisotopic (exact) mass is 466 g/mol. The summed E-state index contributed by atoms with van der Waals surface area (Å²) < 4.78 is 0.860. The number of carbonyl (C=O) groups is 2. The summed E-state index contributed by atoms with van der Waals surface area (Å²) in [4.78, 5) is 39.6. The van der Waals surface area contributed by atoms with E-state index in [9.17, 15) is 19.7 Å². The summed E-state index contributed by atoms with van der Waals surface area (Å²) in [6.45, 7) is 4.00. The zero-order chi connectivity index (χ0) is 20.3. The fraction of sp³-hybridized carbons (Fsp3) is 0.333. The van der Waals surface area contributed by atoms with Gasteiger partial charge < -0.3 is 15.1 Å². The highest BCUT2D eigenvalue weighted by molar-refractivity contribution is 9.11. The Kier molecular flexibility index (Phi) is 6.30. The lowest BCUT2D eigenvalue weighted by Crippen LogP contribution is -2.54. The Labute approximate surface area is 174 Å². The van der Waals surface area contributed by atoms with E-state index in [0.29, 0.717) is 31.1 Å². The van der Waals surface area contributed by atoms with Crippen molar-refractivity contribution >= 4 is 50.5 Å². The molecule has 1 aliphatic rings. The molecule has 2 heterocycles. The van der Waals surface area contributed by atoms with Crippen molar-refractivity contribution in [2.24, 2.45) is 0 Å². The predicted molar refractivity (Wildman–Crippen MR) is 111 cm³/mol. The number of anilines is 1. The van der Waals surface area contributed by atoms with Gasteiger partial charge in [0.05, 0.1) is 13.6 Å². The molecule has 1 N–H and O–H groups in total. The molecule has 148 valence electrons. The van der Waals surface area contributed by atoms with E-state index in [1.807, 2.05) is 0 Å². The second-order valence-corrected chi connectivity index (χ2v) is 8.85. The molecule has 1 saturated heterocycles. The highest BCUT2D eigenvalue weighted by Gasteiger charge is 2.26. The lowest BCUT2D eigenvalue weighted by atomic mass is 10.2. The van der Waals surface area contributed by atoms with E-state index in [0.717, 1.165) is 9.47 Å². The zero-order valence-corrected chi connectivity index (χ0v) is 17.5. The lowest BCUT2D eigenvalue weighted by Gasteiger charge is -2.37. The van der Waals surface area contributed by atoms with Crippen LogP contribution in [-0.4, -0.2) is 53.9 Å². The number of piperazine rings is 1. The average Bonchev–Trinajstić information content (AvgIpc) is 3.14. The van der Waals surface area contributed by atoms with E-state index in [2.05, 4.69) is 26.1 Å². The van der Waals surface area contributed by atoms with Crippen molar-refractivity contribution in [2.75, 3.05) is 31.1 Å². The molecule has 10 heteroatoms. The number of benzene rings is 1. The van der Waals surface area contributed by atoms with Gasteiger partial charge in [-0.15, -0.1) is 11.3 Å². The predicted octanol–water partition coefficient (Wildman–Crippen LogP) is 2.89. The van der Waals surface area contributed by atoms with Gasteiger partial charge in [-0.05, 0) is 47.1 Å². The average molecular weight is 467 g/mol. The standard InChI is InChI=1S/C18H19BrN4O4S/c1-12(20-17(24)15-6-7-16(19)28-15)18(25)22-10-8-21(9-11-22)13-2-4-14(5-3-13)23(26)27/h2-7,12H,8-11H2,1H3,(H,20,24). The summed E-state index contributed by atoms with van der Waals surface area (Å²) in [6.07, 6.45) is 0. The third kappa shape index (κ3) is 4.68. The van der Waals surface area contributed by atoms with Gasteiger partial charge in [0.15, 0.2) is 0 Å². The topological polar surface area (TPSA) is 95.8 Å². The Morgan fingerprint density at radius 2 is 1.79 bits per heavy atom. The minimum atomic E-state index is -0.612. The second-order valence-electron chi connectivity index (χ2n) is 6.38. The molecule has 8 nitrogen and oxygen atoms in total. The molecule has 2 amide bonds. The number of thiophene rings is 1. The van der Waals surface area contributed by atoms with Gasteiger partial charge >= 0.3 is 0 Å². The second kappa shape index (κ2) is 8.70. The minimum Gasteiger partial charge on any atom is -0.368 e. The van der Waals surface area contributed by atoms with Gasteiger partial charge in [0.2, 0.25) is 5.91 Å². The number of nitro groups is 1. The highest BCUT2D eigenvalue weighted by Crippen LogP contribution is 2.22. The maximum Gasteiger partial charge on any atom is 0.269 e. The van der Waals surface area contributed by atoms with Gasteiger partial charge in [0.25, 0.3) is 11.6 Å². The SMILES string of the molecule is CC(NC(=O)c1ccc(Br)s1)C(=O)N1CCN(c2ccc([N+](=O)[O-])cc2)CC1. The molecule has 0 radical (unpaired) electrons. The lowest BCUT2D eigenvalue weighted by molar-refractivity contribution is -0.384. The number of amides is 2. The maximum absolute atomic E-state index is 12.6. The number of halogens is 1. The van der Waals surface area contributed by atoms with Crippen molar-refractivity contribution in [1.29, 1.82) is 0 Å². The number of hydrogen-bond donors (Lipinski definition) is 1. The van der Waals surface area contributed by atoms with Crippen LogP contribution in [0.4, 0.5) is 11.4 Å². The van der Waals surface area contributed by atoms with Crippen LogP contribution in [0.2, 0.25) is 0 Å². The van der Waals surface area contributed by atoms with Crippen molar-refractivity contribution in [3.63, 3.8) is 0 Å². The molecule has 0 aliphatic carbocycles. The smallest absolute Gasteiger partial charge is 0.269 e. The molecule has 1 aromatic carbocycles. The molecule has 2 aromatic rings. The van der Waals surface area contributed by atoms with Gasteiger partial charge in [-0.2, -0.15) is 0 Å². The van der Waals surface area contributed by atoms with E-state index >= 15 is 0 Å². The summed E-state index contributed by atoms with van der Waals surface area (Å²) in [7, 11) is 0. The van der Waals surface area contributed by atoms with Gasteiger partial charge in [-0.25, -0.2) is 0 Å². The number of nitro benzene ring substituents is 1. The normalized spacial score (nSPS) is 15.2. The molecular weight excluding hydrogens is 448 g/mol. The summed E-state index contributed by atoms with van der Waals surface area (Å²) in [5.74, 6) is -0.381. The van der Waals surface area contributed by atoms with Crippen molar-refractivity contribution in [2.45, 2.75) is 13.0 Å². The third-order valence-corrected chi connectivity index (χ3v) is 6.15. The van der Waals surface area contributed by atoms with Crippen LogP contribution >= 0.6 is 27.3 Å². The van der Waals surface area contributed by atoms with Crippen molar-refractivity contribution in [1.82, 2.24) is 10.2 Å². The Hall–Kier alpha value is -2.46. The van der Waals surface area contributed by atoms with E-state index in [1.54, 1.807) is 36.1 Å². The first-order valence-corrected chi connectivity index (χ1v) is 10.3. The Morgan fingerprint density at radius 3 is 2.32 bits per heavy atom. The summed E-state index contributed by atoms with van der Waals surface area (Å²) >= 11 is 4.64. The third-order valence-electron chi connectivity index (χ3n) is 4.53. The Morgan fingerprint density at radius 1 is 1.14 bits per heavy atom. The van der Waals surface area contributed by atoms with Crippen LogP contribution in [-0.2, 0) is 4.79 Å². The number of hydrogen-bond acceptors (Lipinski definition) is 6. The van der Waals surface area contributed by atoms with Gasteiger partial charge in [0.1, 0.15) is 6.04 Å². The van der Waals surface area contributed by atoms with E-state index < -0.39 is 11.0 Å². The quantitative estimate of drug-likeness (QED) is 0.539. The molecule has 1 unspecified atom stereocenters. The van der Waals surface area contributed by atoms with Gasteiger partial charge in [-0.3, -0.25) is 19.7 Å². The number of rotatable bonds is 5. The first kappa shape index (κ1) is 20.3. The van der Waals surface area contributed by atoms with Crippen molar-refractivity contribution < 1.29 is 14.5 Å². The zero-order valence-electron chi connectivity index (χ0n) is 15.1. The highest BCUT2D eigenvalue weighted by atomic mass is 79.9. The van der Waals surface area contributed by atoms with Crippen LogP contribution < -0.4 is 10.2 Å². The largest absolute Gasteiger partial charge is 0.368 e. The summed E-state index contributed by atoms with van der Waals surface area (Å²) in [5, 5.41) is 13.5. The summed E-state index contributed by atoms with van der Waals surface area (Å²) in [5.41, 5.74) is 0.947. The minimum absolute atomic E-state index is 0.0555. The van der Waals surface area contributed by atoms with Crippen LogP contribution in [0.25, 0.3) is 0 Å². The molecule has 0 bridgehead atoms. The first-order valence-electron chi connectivity index (χ1n) is 8.69. The number of non-ortho nitro benzene ring substituents is 1. The fourth-order valence-electron chi connectivity index (χ4n) is 3.01. The molecule has 3 rings (SSSR count). The summed E-state index contributed by atoms with van der Waals surface area (Å²) in [6, 6.07) is 9.29. The van der Waals surface area contributed by atoms with Crippen LogP contribution in [0, 0.1) is 10.1 Å². The first-order chi connectivity index (χ1) is 13.3. The molecule has 1 aliphatic heterocycles. The van der Waals surface area contributed by atoms with Crippen LogP contribution in [0.5, 0.6) is 0 Å². The molecule has 28 heavy (non-hydrogen) atoms. The number of nitrogens with zero attached hydrogens (tertiary/aromatic N) is 3. The van der Waals surface area contributed by atoms with Gasteiger partial charge in [-0.1, -0.05) is 0 Å². The number of nitrogens with one attached hydrogen (secondary N) is 1. The Bertz CT molecular complexity index is 878.